The van der Waals surface area contributed by atoms with Crippen molar-refractivity contribution in [1.29, 1.82) is 0 Å². The van der Waals surface area contributed by atoms with Gasteiger partial charge in [0.05, 0.1) is 11.4 Å². The molecule has 1 fully saturated rings. The summed E-state index contributed by atoms with van der Waals surface area (Å²) in [4.78, 5) is 24.5. The van der Waals surface area contributed by atoms with Crippen LogP contribution in [0.1, 0.15) is 6.92 Å². The summed E-state index contributed by atoms with van der Waals surface area (Å²) in [6.45, 7) is 3.41. The van der Waals surface area contributed by atoms with Crippen LogP contribution in [0.5, 0.6) is 0 Å². The van der Waals surface area contributed by atoms with Gasteiger partial charge in [0.1, 0.15) is 0 Å². The van der Waals surface area contributed by atoms with E-state index >= 15 is 0 Å². The molecular weight excluding hydrogens is 274 g/mol. The fourth-order valence-corrected chi connectivity index (χ4v) is 2.85. The third-order valence-corrected chi connectivity index (χ3v) is 4.49. The molecule has 1 saturated heterocycles. The second kappa shape index (κ2) is 5.30. The lowest BCUT2D eigenvalue weighted by atomic mass is 10.0. The van der Waals surface area contributed by atoms with Crippen LogP contribution >= 0.6 is 11.8 Å². The Morgan fingerprint density at radius 3 is 2.85 bits per heavy atom. The molecule has 20 heavy (non-hydrogen) atoms. The minimum atomic E-state index is -0.0868. The summed E-state index contributed by atoms with van der Waals surface area (Å²) in [7, 11) is 0. The number of rotatable bonds is 2. The van der Waals surface area contributed by atoms with Crippen molar-refractivity contribution in [3.63, 3.8) is 0 Å². The lowest BCUT2D eigenvalue weighted by Gasteiger charge is -2.22. The number of carbonyl (C=O) groups is 2. The fourth-order valence-electron chi connectivity index (χ4n) is 2.06. The molecule has 0 radical (unpaired) electrons. The Morgan fingerprint density at radius 1 is 1.35 bits per heavy atom. The molecule has 2 aliphatic rings. The Hall–Kier alpha value is -1.79. The monoisotopic (exact) mass is 289 g/mol. The van der Waals surface area contributed by atoms with Crippen LogP contribution < -0.4 is 16.0 Å². The van der Waals surface area contributed by atoms with E-state index in [-0.39, 0.29) is 11.8 Å². The molecule has 5 nitrogen and oxygen atoms in total. The zero-order chi connectivity index (χ0) is 14.1. The number of hydrogen-bond donors (Lipinski definition) is 3. The number of anilines is 2. The van der Waals surface area contributed by atoms with Gasteiger partial charge >= 0.3 is 0 Å². The summed E-state index contributed by atoms with van der Waals surface area (Å²) < 4.78 is 0. The van der Waals surface area contributed by atoms with E-state index in [1.165, 1.54) is 11.8 Å². The van der Waals surface area contributed by atoms with Crippen LogP contribution in [0.2, 0.25) is 0 Å². The largest absolute Gasteiger partial charge is 0.324 e. The van der Waals surface area contributed by atoms with E-state index in [1.807, 2.05) is 19.1 Å². The highest BCUT2D eigenvalue weighted by atomic mass is 32.2. The van der Waals surface area contributed by atoms with Crippen LogP contribution in [0.15, 0.2) is 34.2 Å². The molecule has 0 bridgehead atoms. The molecule has 2 heterocycles. The first-order chi connectivity index (χ1) is 9.63. The molecule has 0 aliphatic carbocycles. The average Bonchev–Trinajstić information content (AvgIpc) is 2.36. The zero-order valence-electron chi connectivity index (χ0n) is 11.1. The Balaban J connectivity index is 1.76. The second-order valence-electron chi connectivity index (χ2n) is 4.83. The van der Waals surface area contributed by atoms with Crippen molar-refractivity contribution in [3.05, 3.63) is 29.3 Å². The predicted molar refractivity (Wildman–Crippen MR) is 80.0 cm³/mol. The Kier molecular flexibility index (Phi) is 3.50. The Morgan fingerprint density at radius 2 is 2.15 bits per heavy atom. The van der Waals surface area contributed by atoms with Gasteiger partial charge in [0.25, 0.3) is 5.91 Å². The lowest BCUT2D eigenvalue weighted by Crippen LogP contribution is -2.36. The van der Waals surface area contributed by atoms with Crippen LogP contribution in [0.3, 0.4) is 0 Å². The summed E-state index contributed by atoms with van der Waals surface area (Å²) >= 11 is 1.51. The standard InChI is InChI=1S/C14H15N3O2S/c1-8(9-5-15-6-9)14(19)16-10-2-3-12-11(4-10)17-13(18)7-20-12/h2-4,15H,5-7H2,1H3,(H,16,19)(H,17,18). The van der Waals surface area contributed by atoms with Crippen LogP contribution in [0.4, 0.5) is 11.4 Å². The summed E-state index contributed by atoms with van der Waals surface area (Å²) in [5.41, 5.74) is 3.37. The molecular formula is C14H15N3O2S. The summed E-state index contributed by atoms with van der Waals surface area (Å²) in [5, 5.41) is 8.80. The average molecular weight is 289 g/mol. The van der Waals surface area contributed by atoms with Gasteiger partial charge in [0.2, 0.25) is 5.91 Å². The highest BCUT2D eigenvalue weighted by Crippen LogP contribution is 2.33. The van der Waals surface area contributed by atoms with Crippen molar-refractivity contribution >= 4 is 35.0 Å². The lowest BCUT2D eigenvalue weighted by molar-refractivity contribution is -0.114. The number of carbonyl (C=O) groups excluding carboxylic acids is 2. The first kappa shape index (κ1) is 13.2. The van der Waals surface area contributed by atoms with Crippen LogP contribution in [0.25, 0.3) is 0 Å². The van der Waals surface area contributed by atoms with Crippen molar-refractivity contribution in [2.45, 2.75) is 11.8 Å². The Labute approximate surface area is 121 Å². The molecule has 0 atom stereocenters. The molecule has 0 spiro atoms. The number of benzene rings is 1. The quantitative estimate of drug-likeness (QED) is 0.723. The molecule has 0 saturated carbocycles. The van der Waals surface area contributed by atoms with Crippen molar-refractivity contribution in [3.8, 4) is 0 Å². The number of nitrogens with one attached hydrogen (secondary N) is 3. The van der Waals surface area contributed by atoms with Gasteiger partial charge in [-0.3, -0.25) is 9.59 Å². The van der Waals surface area contributed by atoms with Crippen LogP contribution in [0, 0.1) is 0 Å². The molecule has 2 amide bonds. The van der Waals surface area contributed by atoms with E-state index < -0.39 is 0 Å². The molecule has 0 aromatic heterocycles. The minimum Gasteiger partial charge on any atom is -0.324 e. The minimum absolute atomic E-state index is 0.00943. The molecule has 6 heteroatoms. The van der Waals surface area contributed by atoms with E-state index in [2.05, 4.69) is 16.0 Å². The first-order valence-electron chi connectivity index (χ1n) is 6.41. The maximum absolute atomic E-state index is 12.1. The predicted octanol–water partition coefficient (Wildman–Crippen LogP) is 1.59. The van der Waals surface area contributed by atoms with Crippen molar-refractivity contribution in [1.82, 2.24) is 5.32 Å². The van der Waals surface area contributed by atoms with Crippen molar-refractivity contribution in [2.75, 3.05) is 29.5 Å². The topological polar surface area (TPSA) is 70.2 Å². The SMILES string of the molecule is CC(C(=O)Nc1ccc2c(c1)NC(=O)CS2)=C1CNC1. The number of hydrogen-bond acceptors (Lipinski definition) is 4. The van der Waals surface area contributed by atoms with Gasteiger partial charge in [-0.2, -0.15) is 0 Å². The number of fused-ring (bicyclic) bond motifs is 1. The molecule has 104 valence electrons. The van der Waals surface area contributed by atoms with Crippen LogP contribution in [-0.4, -0.2) is 30.7 Å². The fraction of sp³-hybridized carbons (Fsp3) is 0.286. The van der Waals surface area contributed by atoms with Crippen molar-refractivity contribution < 1.29 is 9.59 Å². The van der Waals surface area contributed by atoms with Crippen molar-refractivity contribution in [2.24, 2.45) is 0 Å². The van der Waals surface area contributed by atoms with Gasteiger partial charge in [-0.25, -0.2) is 0 Å². The van der Waals surface area contributed by atoms with Gasteiger partial charge in [-0.05, 0) is 30.7 Å². The third kappa shape index (κ3) is 2.57. The van der Waals surface area contributed by atoms with E-state index in [0.29, 0.717) is 11.4 Å². The van der Waals surface area contributed by atoms with E-state index in [4.69, 9.17) is 0 Å². The van der Waals surface area contributed by atoms with E-state index in [0.717, 1.165) is 34.8 Å². The molecule has 1 aromatic rings. The van der Waals surface area contributed by atoms with Gasteiger partial charge in [0.15, 0.2) is 0 Å². The number of amides is 2. The van der Waals surface area contributed by atoms with E-state index in [1.54, 1.807) is 6.07 Å². The maximum Gasteiger partial charge on any atom is 0.251 e. The number of thioether (sulfide) groups is 1. The molecule has 1 aromatic carbocycles. The van der Waals surface area contributed by atoms with E-state index in [9.17, 15) is 9.59 Å². The molecule has 3 rings (SSSR count). The van der Waals surface area contributed by atoms with Crippen LogP contribution in [-0.2, 0) is 9.59 Å². The van der Waals surface area contributed by atoms with Gasteiger partial charge in [-0.1, -0.05) is 0 Å². The summed E-state index contributed by atoms with van der Waals surface area (Å²) in [6, 6.07) is 5.58. The Bertz CT molecular complexity index is 619. The second-order valence-corrected chi connectivity index (χ2v) is 5.85. The highest BCUT2D eigenvalue weighted by molar-refractivity contribution is 8.00. The first-order valence-corrected chi connectivity index (χ1v) is 7.39. The van der Waals surface area contributed by atoms with Gasteiger partial charge in [-0.15, -0.1) is 11.8 Å². The van der Waals surface area contributed by atoms with Gasteiger partial charge < -0.3 is 16.0 Å². The smallest absolute Gasteiger partial charge is 0.251 e. The molecule has 2 aliphatic heterocycles. The summed E-state index contributed by atoms with van der Waals surface area (Å²) in [5.74, 6) is 0.345. The highest BCUT2D eigenvalue weighted by Gasteiger charge is 2.18. The third-order valence-electron chi connectivity index (χ3n) is 3.42. The van der Waals surface area contributed by atoms with Gasteiger partial charge in [0, 0.05) is 29.2 Å². The maximum atomic E-state index is 12.1. The normalized spacial score (nSPS) is 16.9. The zero-order valence-corrected chi connectivity index (χ0v) is 11.9. The molecule has 0 unspecified atom stereocenters. The molecule has 3 N–H and O–H groups in total. The summed E-state index contributed by atoms with van der Waals surface area (Å²) in [6.07, 6.45) is 0.